The van der Waals surface area contributed by atoms with Gasteiger partial charge in [-0.05, 0) is 12.1 Å². The number of hydrogen-bond donors (Lipinski definition) is 3. The molecule has 1 aliphatic rings. The van der Waals surface area contributed by atoms with Gasteiger partial charge in [0, 0.05) is 12.1 Å². The van der Waals surface area contributed by atoms with Crippen molar-refractivity contribution in [2.24, 2.45) is 5.14 Å². The summed E-state index contributed by atoms with van der Waals surface area (Å²) in [4.78, 5) is 12.3. The first kappa shape index (κ1) is 15.2. The molecule has 0 radical (unpaired) electrons. The summed E-state index contributed by atoms with van der Waals surface area (Å²) >= 11 is 0. The van der Waals surface area contributed by atoms with Crippen molar-refractivity contribution in [3.05, 3.63) is 46.6 Å². The van der Waals surface area contributed by atoms with E-state index >= 15 is 0 Å². The summed E-state index contributed by atoms with van der Waals surface area (Å²) in [6.07, 6.45) is 0. The lowest BCUT2D eigenvalue weighted by Crippen LogP contribution is -2.32. The van der Waals surface area contributed by atoms with Gasteiger partial charge in [0.05, 0.1) is 29.4 Å². The zero-order chi connectivity index (χ0) is 16.6. The van der Waals surface area contributed by atoms with Crippen molar-refractivity contribution in [1.29, 1.82) is 5.26 Å². The number of fused-ring (bicyclic) bond motifs is 1. The second-order valence-electron chi connectivity index (χ2n) is 4.95. The second-order valence-corrected chi connectivity index (χ2v) is 6.50. The maximum Gasteiger partial charge on any atom is 0.277 e. The molecule has 3 rings (SSSR count). The van der Waals surface area contributed by atoms with E-state index in [1.165, 1.54) is 12.1 Å². The number of aromatic amines is 1. The van der Waals surface area contributed by atoms with Crippen molar-refractivity contribution < 1.29 is 13.2 Å². The molecule has 0 saturated carbocycles. The Balaban J connectivity index is 1.84. The summed E-state index contributed by atoms with van der Waals surface area (Å²) in [6, 6.07) is 8.31. The van der Waals surface area contributed by atoms with E-state index in [4.69, 9.17) is 10.4 Å². The Kier molecular flexibility index (Phi) is 3.61. The SMILES string of the molecule is N#Cc1ccccc1C(=O)Nc1n[nH]c2c1CN(S(N)(=O)=O)C2. The number of nitrogens with zero attached hydrogens (tertiary/aromatic N) is 3. The van der Waals surface area contributed by atoms with Crippen molar-refractivity contribution >= 4 is 21.9 Å². The molecule has 0 bridgehead atoms. The highest BCUT2D eigenvalue weighted by Crippen LogP contribution is 2.28. The Morgan fingerprint density at radius 1 is 1.39 bits per heavy atom. The molecule has 0 atom stereocenters. The molecule has 118 valence electrons. The second kappa shape index (κ2) is 5.47. The fraction of sp³-hybridized carbons (Fsp3) is 0.154. The van der Waals surface area contributed by atoms with E-state index < -0.39 is 16.1 Å². The lowest BCUT2D eigenvalue weighted by atomic mass is 10.1. The molecule has 10 heteroatoms. The third-order valence-corrected chi connectivity index (χ3v) is 4.48. The molecule has 1 amide bonds. The number of nitrogens with one attached hydrogen (secondary N) is 2. The van der Waals surface area contributed by atoms with Gasteiger partial charge in [-0.15, -0.1) is 0 Å². The van der Waals surface area contributed by atoms with Crippen LogP contribution in [0.5, 0.6) is 0 Å². The number of rotatable bonds is 3. The van der Waals surface area contributed by atoms with E-state index in [9.17, 15) is 13.2 Å². The molecule has 4 N–H and O–H groups in total. The topological polar surface area (TPSA) is 145 Å². The van der Waals surface area contributed by atoms with Crippen molar-refractivity contribution in [3.63, 3.8) is 0 Å². The van der Waals surface area contributed by atoms with Gasteiger partial charge < -0.3 is 5.32 Å². The Labute approximate surface area is 131 Å². The number of H-pyrrole nitrogens is 1. The van der Waals surface area contributed by atoms with Crippen LogP contribution < -0.4 is 10.5 Å². The fourth-order valence-corrected chi connectivity index (χ4v) is 2.97. The highest BCUT2D eigenvalue weighted by molar-refractivity contribution is 7.86. The standard InChI is InChI=1S/C13H12N6O3S/c14-5-8-3-1-2-4-9(8)13(20)16-12-10-6-19(23(15,21)22)7-11(10)17-18-12/h1-4H,6-7H2,(H2,15,21,22)(H2,16,17,18,20). The van der Waals surface area contributed by atoms with Crippen LogP contribution in [0.15, 0.2) is 24.3 Å². The van der Waals surface area contributed by atoms with E-state index in [1.54, 1.807) is 12.1 Å². The molecule has 23 heavy (non-hydrogen) atoms. The zero-order valence-electron chi connectivity index (χ0n) is 11.8. The highest BCUT2D eigenvalue weighted by Gasteiger charge is 2.31. The first-order valence-corrected chi connectivity index (χ1v) is 8.05. The zero-order valence-corrected chi connectivity index (χ0v) is 12.6. The third kappa shape index (κ3) is 2.80. The minimum Gasteiger partial charge on any atom is -0.305 e. The summed E-state index contributed by atoms with van der Waals surface area (Å²) < 4.78 is 23.8. The average Bonchev–Trinajstić information content (AvgIpc) is 3.09. The van der Waals surface area contributed by atoms with Crippen molar-refractivity contribution in [3.8, 4) is 6.07 Å². The number of carbonyl (C=O) groups excluding carboxylic acids is 1. The van der Waals surface area contributed by atoms with E-state index in [-0.39, 0.29) is 30.0 Å². The predicted molar refractivity (Wildman–Crippen MR) is 80.1 cm³/mol. The lowest BCUT2D eigenvalue weighted by Gasteiger charge is -2.11. The van der Waals surface area contributed by atoms with Crippen LogP contribution in [0.2, 0.25) is 0 Å². The van der Waals surface area contributed by atoms with Gasteiger partial charge in [-0.2, -0.15) is 23.1 Å². The van der Waals surface area contributed by atoms with Gasteiger partial charge >= 0.3 is 0 Å². The number of carbonyl (C=O) groups is 1. The van der Waals surface area contributed by atoms with Crippen LogP contribution in [-0.4, -0.2) is 28.8 Å². The Hall–Kier alpha value is -2.74. The Morgan fingerprint density at radius 3 is 2.83 bits per heavy atom. The molecular weight excluding hydrogens is 320 g/mol. The minimum absolute atomic E-state index is 0.0280. The van der Waals surface area contributed by atoms with Gasteiger partial charge in [-0.1, -0.05) is 12.1 Å². The highest BCUT2D eigenvalue weighted by atomic mass is 32.2. The van der Waals surface area contributed by atoms with Crippen LogP contribution >= 0.6 is 0 Å². The Morgan fingerprint density at radius 2 is 2.13 bits per heavy atom. The largest absolute Gasteiger partial charge is 0.305 e. The van der Waals surface area contributed by atoms with Gasteiger partial charge in [0.25, 0.3) is 16.1 Å². The van der Waals surface area contributed by atoms with Crippen LogP contribution in [-0.2, 0) is 23.3 Å². The molecule has 0 unspecified atom stereocenters. The summed E-state index contributed by atoms with van der Waals surface area (Å²) in [5.74, 6) is -0.269. The summed E-state index contributed by atoms with van der Waals surface area (Å²) in [5, 5.41) is 23.4. The van der Waals surface area contributed by atoms with Crippen LogP contribution in [0.1, 0.15) is 27.2 Å². The number of nitriles is 1. The van der Waals surface area contributed by atoms with Gasteiger partial charge in [-0.25, -0.2) is 5.14 Å². The number of benzene rings is 1. The first-order chi connectivity index (χ1) is 10.9. The van der Waals surface area contributed by atoms with Gasteiger partial charge in [-0.3, -0.25) is 9.89 Å². The molecule has 0 spiro atoms. The molecule has 1 aliphatic heterocycles. The van der Waals surface area contributed by atoms with Crippen LogP contribution in [0.4, 0.5) is 5.82 Å². The van der Waals surface area contributed by atoms with E-state index in [2.05, 4.69) is 15.5 Å². The third-order valence-electron chi connectivity index (χ3n) is 3.51. The normalized spacial score (nSPS) is 14.3. The van der Waals surface area contributed by atoms with E-state index in [0.717, 1.165) is 4.31 Å². The molecule has 2 heterocycles. The lowest BCUT2D eigenvalue weighted by molar-refractivity contribution is 0.102. The molecule has 0 saturated heterocycles. The molecule has 1 aromatic heterocycles. The van der Waals surface area contributed by atoms with Crippen LogP contribution in [0.3, 0.4) is 0 Å². The number of anilines is 1. The smallest absolute Gasteiger partial charge is 0.277 e. The monoisotopic (exact) mass is 332 g/mol. The number of amides is 1. The van der Waals surface area contributed by atoms with E-state index in [0.29, 0.717) is 11.3 Å². The molecule has 1 aromatic carbocycles. The maximum absolute atomic E-state index is 12.3. The molecule has 2 aromatic rings. The number of aromatic nitrogens is 2. The molecule has 0 fully saturated rings. The average molecular weight is 332 g/mol. The molecular formula is C13H12N6O3S. The van der Waals surface area contributed by atoms with E-state index in [1.807, 2.05) is 6.07 Å². The summed E-state index contributed by atoms with van der Waals surface area (Å²) in [5.41, 5.74) is 1.58. The van der Waals surface area contributed by atoms with Crippen molar-refractivity contribution in [2.75, 3.05) is 5.32 Å². The molecule has 0 aliphatic carbocycles. The predicted octanol–water partition coefficient (Wildman–Crippen LogP) is 0.0528. The summed E-state index contributed by atoms with van der Waals surface area (Å²) in [6.45, 7) is 0.103. The van der Waals surface area contributed by atoms with Crippen molar-refractivity contribution in [1.82, 2.24) is 14.5 Å². The Bertz CT molecular complexity index is 927. The van der Waals surface area contributed by atoms with Gasteiger partial charge in [0.2, 0.25) is 0 Å². The van der Waals surface area contributed by atoms with Crippen LogP contribution in [0.25, 0.3) is 0 Å². The molecule has 9 nitrogen and oxygen atoms in total. The maximum atomic E-state index is 12.3. The number of nitrogens with two attached hydrogens (primary N) is 1. The summed E-state index contributed by atoms with van der Waals surface area (Å²) in [7, 11) is -3.82. The van der Waals surface area contributed by atoms with Crippen molar-refractivity contribution in [2.45, 2.75) is 13.1 Å². The first-order valence-electron chi connectivity index (χ1n) is 6.54. The van der Waals surface area contributed by atoms with Gasteiger partial charge in [0.15, 0.2) is 5.82 Å². The quantitative estimate of drug-likeness (QED) is 0.727. The minimum atomic E-state index is -3.82. The number of hydrogen-bond acceptors (Lipinski definition) is 5. The van der Waals surface area contributed by atoms with Crippen LogP contribution in [0, 0.1) is 11.3 Å². The fourth-order valence-electron chi connectivity index (χ4n) is 2.35. The van der Waals surface area contributed by atoms with Gasteiger partial charge in [0.1, 0.15) is 0 Å².